The van der Waals surface area contributed by atoms with E-state index in [1.54, 1.807) is 23.6 Å². The molecule has 1 heterocycles. The maximum atomic E-state index is 10.8. The molecule has 2 N–H and O–H groups in total. The van der Waals surface area contributed by atoms with Crippen LogP contribution in [0, 0.1) is 0 Å². The Labute approximate surface area is 78.3 Å². The number of aromatic hydroxyl groups is 1. The highest BCUT2D eigenvalue weighted by molar-refractivity contribution is 7.07. The lowest BCUT2D eigenvalue weighted by Crippen LogP contribution is -1.91. The van der Waals surface area contributed by atoms with Crippen LogP contribution >= 0.6 is 11.3 Å². The highest BCUT2D eigenvalue weighted by Crippen LogP contribution is 2.20. The number of thiazole rings is 1. The number of nitrogens with one attached hydrogen (secondary N) is 1. The zero-order valence-electron chi connectivity index (χ0n) is 6.65. The molecule has 0 saturated heterocycles. The van der Waals surface area contributed by atoms with Crippen LogP contribution in [-0.4, -0.2) is 10.1 Å². The molecule has 0 atom stereocenters. The van der Waals surface area contributed by atoms with Crippen molar-refractivity contribution in [1.29, 1.82) is 0 Å². The van der Waals surface area contributed by atoms with Crippen LogP contribution in [0.3, 0.4) is 0 Å². The van der Waals surface area contributed by atoms with Gasteiger partial charge in [0.15, 0.2) is 0 Å². The molecular formula is C9H7NO2S. The lowest BCUT2D eigenvalue weighted by atomic mass is 10.2. The Kier molecular flexibility index (Phi) is 1.90. The van der Waals surface area contributed by atoms with Crippen molar-refractivity contribution >= 4 is 11.3 Å². The van der Waals surface area contributed by atoms with E-state index in [-0.39, 0.29) is 10.6 Å². The van der Waals surface area contributed by atoms with Crippen molar-refractivity contribution in [3.8, 4) is 17.0 Å². The van der Waals surface area contributed by atoms with Crippen molar-refractivity contribution < 1.29 is 5.11 Å². The summed E-state index contributed by atoms with van der Waals surface area (Å²) in [7, 11) is 0. The fourth-order valence-corrected chi connectivity index (χ4v) is 1.68. The number of aromatic amines is 1. The van der Waals surface area contributed by atoms with Crippen molar-refractivity contribution in [2.24, 2.45) is 0 Å². The summed E-state index contributed by atoms with van der Waals surface area (Å²) in [5.41, 5.74) is 1.56. The lowest BCUT2D eigenvalue weighted by molar-refractivity contribution is 0.475. The number of aromatic nitrogens is 1. The Morgan fingerprint density at radius 3 is 2.85 bits per heavy atom. The standard InChI is InChI=1S/C9H7NO2S/c11-7-3-1-2-6(4-7)8-5-13-9(12)10-8/h1-5,11H,(H,10,12). The van der Waals surface area contributed by atoms with Gasteiger partial charge in [-0.3, -0.25) is 4.79 Å². The van der Waals surface area contributed by atoms with Crippen molar-refractivity contribution in [2.75, 3.05) is 0 Å². The summed E-state index contributed by atoms with van der Waals surface area (Å²) >= 11 is 1.11. The summed E-state index contributed by atoms with van der Waals surface area (Å²) in [5, 5.41) is 10.9. The minimum Gasteiger partial charge on any atom is -0.508 e. The zero-order chi connectivity index (χ0) is 9.26. The number of H-pyrrole nitrogens is 1. The number of phenolic OH excluding ortho intramolecular Hbond substituents is 1. The average molecular weight is 193 g/mol. The second-order valence-electron chi connectivity index (χ2n) is 2.61. The van der Waals surface area contributed by atoms with Gasteiger partial charge in [-0.2, -0.15) is 0 Å². The third-order valence-corrected chi connectivity index (χ3v) is 2.35. The van der Waals surface area contributed by atoms with E-state index in [0.717, 1.165) is 22.6 Å². The van der Waals surface area contributed by atoms with Gasteiger partial charge in [0, 0.05) is 10.9 Å². The molecule has 0 fully saturated rings. The molecule has 3 nitrogen and oxygen atoms in total. The second-order valence-corrected chi connectivity index (χ2v) is 3.45. The molecule has 2 aromatic rings. The SMILES string of the molecule is O=c1[nH]c(-c2cccc(O)c2)cs1. The molecule has 0 aliphatic heterocycles. The van der Waals surface area contributed by atoms with Gasteiger partial charge in [0.1, 0.15) is 5.75 Å². The Balaban J connectivity index is 2.52. The highest BCUT2D eigenvalue weighted by Gasteiger charge is 2.00. The molecule has 66 valence electrons. The fourth-order valence-electron chi connectivity index (χ4n) is 1.09. The van der Waals surface area contributed by atoms with Crippen LogP contribution in [0.15, 0.2) is 34.4 Å². The maximum absolute atomic E-state index is 10.8. The third-order valence-electron chi connectivity index (χ3n) is 1.68. The molecule has 0 radical (unpaired) electrons. The minimum atomic E-state index is -0.0849. The van der Waals surface area contributed by atoms with Crippen molar-refractivity contribution in [3.63, 3.8) is 0 Å². The summed E-state index contributed by atoms with van der Waals surface area (Å²) in [6.07, 6.45) is 0. The normalized spacial score (nSPS) is 10.2. The van der Waals surface area contributed by atoms with Crippen LogP contribution in [0.4, 0.5) is 0 Å². The summed E-state index contributed by atoms with van der Waals surface area (Å²) < 4.78 is 0. The van der Waals surface area contributed by atoms with E-state index >= 15 is 0 Å². The van der Waals surface area contributed by atoms with Crippen LogP contribution in [0.2, 0.25) is 0 Å². The first-order valence-corrected chi connectivity index (χ1v) is 4.61. The number of hydrogen-bond acceptors (Lipinski definition) is 3. The van der Waals surface area contributed by atoms with Crippen LogP contribution in [0.5, 0.6) is 5.75 Å². The predicted octanol–water partition coefficient (Wildman–Crippen LogP) is 1.81. The van der Waals surface area contributed by atoms with Gasteiger partial charge in [-0.25, -0.2) is 0 Å². The zero-order valence-corrected chi connectivity index (χ0v) is 7.47. The highest BCUT2D eigenvalue weighted by atomic mass is 32.1. The van der Waals surface area contributed by atoms with Crippen molar-refractivity contribution in [1.82, 2.24) is 4.98 Å². The number of phenols is 1. The van der Waals surface area contributed by atoms with Crippen LogP contribution in [0.1, 0.15) is 0 Å². The molecule has 4 heteroatoms. The first-order chi connectivity index (χ1) is 6.25. The number of rotatable bonds is 1. The summed E-state index contributed by atoms with van der Waals surface area (Å²) in [6, 6.07) is 6.77. The topological polar surface area (TPSA) is 53.1 Å². The largest absolute Gasteiger partial charge is 0.508 e. The Morgan fingerprint density at radius 1 is 1.38 bits per heavy atom. The van der Waals surface area contributed by atoms with Gasteiger partial charge in [-0.15, -0.1) is 0 Å². The second kappa shape index (κ2) is 3.06. The van der Waals surface area contributed by atoms with Gasteiger partial charge in [0.05, 0.1) is 5.69 Å². The van der Waals surface area contributed by atoms with Gasteiger partial charge in [0.25, 0.3) is 0 Å². The van der Waals surface area contributed by atoms with Gasteiger partial charge in [-0.1, -0.05) is 23.5 Å². The summed E-state index contributed by atoms with van der Waals surface area (Å²) in [5.74, 6) is 0.199. The van der Waals surface area contributed by atoms with Crippen LogP contribution < -0.4 is 4.87 Å². The molecule has 0 unspecified atom stereocenters. The fraction of sp³-hybridized carbons (Fsp3) is 0. The molecular weight excluding hydrogens is 186 g/mol. The number of benzene rings is 1. The van der Waals surface area contributed by atoms with Gasteiger partial charge < -0.3 is 10.1 Å². The molecule has 0 saturated carbocycles. The van der Waals surface area contributed by atoms with Crippen molar-refractivity contribution in [3.05, 3.63) is 39.3 Å². The van der Waals surface area contributed by atoms with Crippen LogP contribution in [-0.2, 0) is 0 Å². The smallest absolute Gasteiger partial charge is 0.304 e. The molecule has 0 amide bonds. The van der Waals surface area contributed by atoms with Crippen LogP contribution in [0.25, 0.3) is 11.3 Å². The summed E-state index contributed by atoms with van der Waals surface area (Å²) in [4.78, 5) is 13.4. The molecule has 0 aliphatic rings. The first kappa shape index (κ1) is 8.07. The molecule has 1 aromatic heterocycles. The number of hydrogen-bond donors (Lipinski definition) is 2. The van der Waals surface area contributed by atoms with E-state index in [1.165, 1.54) is 0 Å². The van der Waals surface area contributed by atoms with E-state index in [4.69, 9.17) is 0 Å². The molecule has 2 rings (SSSR count). The van der Waals surface area contributed by atoms with E-state index in [9.17, 15) is 9.90 Å². The third kappa shape index (κ3) is 1.62. The van der Waals surface area contributed by atoms with E-state index in [2.05, 4.69) is 4.98 Å². The van der Waals surface area contributed by atoms with Crippen molar-refractivity contribution in [2.45, 2.75) is 0 Å². The Bertz CT molecular complexity index is 472. The van der Waals surface area contributed by atoms with Gasteiger partial charge in [-0.05, 0) is 12.1 Å². The molecule has 1 aromatic carbocycles. The van der Waals surface area contributed by atoms with E-state index in [1.807, 2.05) is 6.07 Å². The first-order valence-electron chi connectivity index (χ1n) is 3.73. The molecule has 0 bridgehead atoms. The molecule has 0 aliphatic carbocycles. The molecule has 13 heavy (non-hydrogen) atoms. The average Bonchev–Trinajstić information content (AvgIpc) is 2.52. The lowest BCUT2D eigenvalue weighted by Gasteiger charge is -1.96. The Morgan fingerprint density at radius 2 is 2.23 bits per heavy atom. The predicted molar refractivity (Wildman–Crippen MR) is 52.0 cm³/mol. The minimum absolute atomic E-state index is 0.0849. The maximum Gasteiger partial charge on any atom is 0.304 e. The van der Waals surface area contributed by atoms with E-state index < -0.39 is 0 Å². The Hall–Kier alpha value is -1.55. The molecule has 0 spiro atoms. The van der Waals surface area contributed by atoms with Gasteiger partial charge >= 0.3 is 4.87 Å². The quantitative estimate of drug-likeness (QED) is 0.725. The summed E-state index contributed by atoms with van der Waals surface area (Å²) in [6.45, 7) is 0. The van der Waals surface area contributed by atoms with Gasteiger partial charge in [0.2, 0.25) is 0 Å². The monoisotopic (exact) mass is 193 g/mol. The van der Waals surface area contributed by atoms with E-state index in [0.29, 0.717) is 0 Å².